The van der Waals surface area contributed by atoms with E-state index >= 15 is 0 Å². The summed E-state index contributed by atoms with van der Waals surface area (Å²) in [6.07, 6.45) is 2.78. The van der Waals surface area contributed by atoms with Crippen LogP contribution < -0.4 is 4.57 Å². The Labute approximate surface area is 180 Å². The lowest BCUT2D eigenvalue weighted by Gasteiger charge is -2.18. The highest BCUT2D eigenvalue weighted by Crippen LogP contribution is 2.41. The van der Waals surface area contributed by atoms with Crippen molar-refractivity contribution >= 4 is 49.1 Å². The van der Waals surface area contributed by atoms with Crippen LogP contribution in [-0.2, 0) is 13.5 Å². The molecule has 0 atom stereocenters. The second-order valence-electron chi connectivity index (χ2n) is 10.1. The fourth-order valence-electron chi connectivity index (χ4n) is 5.31. The van der Waals surface area contributed by atoms with Gasteiger partial charge in [0.1, 0.15) is 11.3 Å². The fourth-order valence-corrected chi connectivity index (χ4v) is 5.31. The molecule has 6 aromatic rings. The number of hydrogen-bond donors (Lipinski definition) is 0. The van der Waals surface area contributed by atoms with Crippen LogP contribution in [0, 0.1) is 18.2 Å². The maximum absolute atomic E-state index is 14.7. The van der Waals surface area contributed by atoms with E-state index in [-0.39, 0.29) is 11.2 Å². The van der Waals surface area contributed by atoms with Gasteiger partial charge in [-0.2, -0.15) is 0 Å². The van der Waals surface area contributed by atoms with Gasteiger partial charge in [0.25, 0.3) is 6.33 Å². The van der Waals surface area contributed by atoms with E-state index in [2.05, 4.69) is 72.0 Å². The van der Waals surface area contributed by atoms with Crippen molar-refractivity contribution in [1.82, 2.24) is 9.38 Å². The predicted molar refractivity (Wildman–Crippen MR) is 125 cm³/mol. The molecular formula is C27H25FN3+. The first kappa shape index (κ1) is 18.5. The van der Waals surface area contributed by atoms with Crippen LogP contribution in [0.25, 0.3) is 49.1 Å². The number of fused-ring (bicyclic) bond motifs is 5. The number of rotatable bonds is 1. The Morgan fingerprint density at radius 1 is 0.968 bits per heavy atom. The molecule has 0 aliphatic rings. The van der Waals surface area contributed by atoms with Crippen LogP contribution in [0.2, 0.25) is 0 Å². The van der Waals surface area contributed by atoms with E-state index in [0.29, 0.717) is 5.52 Å². The summed E-state index contributed by atoms with van der Waals surface area (Å²) in [6, 6.07) is 14.4. The van der Waals surface area contributed by atoms with Crippen molar-refractivity contribution in [3.05, 3.63) is 65.7 Å². The third kappa shape index (κ3) is 2.51. The Morgan fingerprint density at radius 2 is 1.74 bits per heavy atom. The summed E-state index contributed by atoms with van der Waals surface area (Å²) in [5, 5.41) is 4.63. The van der Waals surface area contributed by atoms with E-state index in [9.17, 15) is 4.39 Å². The molecule has 154 valence electrons. The average molecular weight is 411 g/mol. The standard InChI is InChI=1S/C27H25FN3/c1-15-6-8-19-18-9-7-16(13-27(2,3)4)10-21(18)31-22-12-17(28)11-20-24(22)26(23(15)25(19)31)30(5)14-29-20/h6-12,14H,13H2,1-5H3/q+1. The van der Waals surface area contributed by atoms with Gasteiger partial charge < -0.3 is 4.40 Å². The zero-order valence-corrected chi connectivity index (χ0v) is 18.5. The van der Waals surface area contributed by atoms with Gasteiger partial charge in [-0.05, 0) is 47.0 Å². The van der Waals surface area contributed by atoms with Gasteiger partial charge in [0.05, 0.1) is 29.0 Å². The number of halogens is 1. The molecule has 4 heteroatoms. The van der Waals surface area contributed by atoms with Gasteiger partial charge in [-0.25, -0.2) is 8.96 Å². The Kier molecular flexibility index (Phi) is 3.52. The van der Waals surface area contributed by atoms with E-state index in [1.807, 2.05) is 7.05 Å². The molecule has 6 rings (SSSR count). The zero-order chi connectivity index (χ0) is 21.7. The van der Waals surface area contributed by atoms with Crippen LogP contribution in [0.3, 0.4) is 0 Å². The molecule has 0 spiro atoms. The summed E-state index contributed by atoms with van der Waals surface area (Å²) >= 11 is 0. The molecule has 3 aromatic carbocycles. The van der Waals surface area contributed by atoms with Gasteiger partial charge in [-0.1, -0.05) is 45.0 Å². The average Bonchev–Trinajstić information content (AvgIpc) is 3.01. The second-order valence-corrected chi connectivity index (χ2v) is 10.1. The summed E-state index contributed by atoms with van der Waals surface area (Å²) < 4.78 is 19.1. The SMILES string of the molecule is Cc1ccc2c3ccc(CC(C)(C)C)cc3n3c4cc(F)cc5nc[n+](C)c(c1c23)c54. The summed E-state index contributed by atoms with van der Waals surface area (Å²) in [5.74, 6) is -0.258. The van der Waals surface area contributed by atoms with Gasteiger partial charge in [0.15, 0.2) is 5.52 Å². The lowest BCUT2D eigenvalue weighted by atomic mass is 9.88. The Balaban J connectivity index is 1.94. The van der Waals surface area contributed by atoms with Gasteiger partial charge in [0.2, 0.25) is 0 Å². The summed E-state index contributed by atoms with van der Waals surface area (Å²) in [4.78, 5) is 4.55. The van der Waals surface area contributed by atoms with Crippen molar-refractivity contribution in [1.29, 1.82) is 0 Å². The molecule has 0 aliphatic heterocycles. The minimum absolute atomic E-state index is 0.194. The zero-order valence-electron chi connectivity index (χ0n) is 18.5. The third-order valence-electron chi connectivity index (χ3n) is 6.44. The number of hydrogen-bond acceptors (Lipinski definition) is 1. The topological polar surface area (TPSA) is 21.2 Å². The van der Waals surface area contributed by atoms with Crippen LogP contribution in [0.4, 0.5) is 4.39 Å². The highest BCUT2D eigenvalue weighted by molar-refractivity contribution is 6.25. The molecule has 31 heavy (non-hydrogen) atoms. The fraction of sp³-hybridized carbons (Fsp3) is 0.259. The Bertz CT molecular complexity index is 1670. The van der Waals surface area contributed by atoms with Gasteiger partial charge in [-0.15, -0.1) is 0 Å². The Morgan fingerprint density at radius 3 is 2.52 bits per heavy atom. The molecule has 0 saturated carbocycles. The van der Waals surface area contributed by atoms with E-state index in [1.54, 1.807) is 18.5 Å². The first-order chi connectivity index (χ1) is 14.7. The molecule has 3 nitrogen and oxygen atoms in total. The normalized spacial score (nSPS) is 13.0. The molecule has 0 N–H and O–H groups in total. The molecule has 0 fully saturated rings. The molecule has 3 heterocycles. The summed E-state index contributed by atoms with van der Waals surface area (Å²) in [6.45, 7) is 8.93. The molecule has 3 aromatic heterocycles. The highest BCUT2D eigenvalue weighted by Gasteiger charge is 2.24. The smallest absolute Gasteiger partial charge is 0.287 e. The van der Waals surface area contributed by atoms with Crippen LogP contribution in [-0.4, -0.2) is 9.38 Å². The highest BCUT2D eigenvalue weighted by atomic mass is 19.1. The first-order valence-corrected chi connectivity index (χ1v) is 10.8. The monoisotopic (exact) mass is 410 g/mol. The van der Waals surface area contributed by atoms with Crippen molar-refractivity contribution < 1.29 is 8.96 Å². The van der Waals surface area contributed by atoms with Crippen LogP contribution in [0.5, 0.6) is 0 Å². The summed E-state index contributed by atoms with van der Waals surface area (Å²) in [5.41, 5.74) is 7.67. The van der Waals surface area contributed by atoms with Gasteiger partial charge in [0, 0.05) is 22.2 Å². The van der Waals surface area contributed by atoms with Crippen molar-refractivity contribution in [3.8, 4) is 0 Å². The molecule has 0 radical (unpaired) electrons. The summed E-state index contributed by atoms with van der Waals surface area (Å²) in [7, 11) is 2.02. The van der Waals surface area contributed by atoms with Crippen molar-refractivity contribution in [3.63, 3.8) is 0 Å². The minimum Gasteiger partial charge on any atom is -0.307 e. The first-order valence-electron chi connectivity index (χ1n) is 10.8. The van der Waals surface area contributed by atoms with Crippen LogP contribution >= 0.6 is 0 Å². The molecule has 0 unspecified atom stereocenters. The molecule has 0 aliphatic carbocycles. The lowest BCUT2D eigenvalue weighted by molar-refractivity contribution is -0.646. The van der Waals surface area contributed by atoms with Crippen molar-refractivity contribution in [2.24, 2.45) is 12.5 Å². The largest absolute Gasteiger partial charge is 0.307 e. The third-order valence-corrected chi connectivity index (χ3v) is 6.44. The van der Waals surface area contributed by atoms with Crippen molar-refractivity contribution in [2.75, 3.05) is 0 Å². The minimum atomic E-state index is -0.258. The number of benzene rings is 3. The second kappa shape index (κ2) is 5.91. The van der Waals surface area contributed by atoms with Crippen LogP contribution in [0.15, 0.2) is 48.8 Å². The number of nitrogens with zero attached hydrogens (tertiary/aromatic N) is 3. The molecule has 0 amide bonds. The number of pyridine rings is 1. The maximum atomic E-state index is 14.7. The lowest BCUT2D eigenvalue weighted by Crippen LogP contribution is -2.30. The van der Waals surface area contributed by atoms with E-state index < -0.39 is 0 Å². The van der Waals surface area contributed by atoms with Crippen molar-refractivity contribution in [2.45, 2.75) is 34.1 Å². The van der Waals surface area contributed by atoms with Gasteiger partial charge in [-0.3, -0.25) is 0 Å². The maximum Gasteiger partial charge on any atom is 0.287 e. The molecule has 0 saturated heterocycles. The number of aromatic nitrogens is 3. The van der Waals surface area contributed by atoms with E-state index in [4.69, 9.17) is 0 Å². The molecular weight excluding hydrogens is 385 g/mol. The van der Waals surface area contributed by atoms with Crippen LogP contribution in [0.1, 0.15) is 31.9 Å². The number of aryl methyl sites for hydroxylation is 2. The van der Waals surface area contributed by atoms with E-state index in [1.165, 1.54) is 27.3 Å². The quantitative estimate of drug-likeness (QED) is 0.178. The predicted octanol–water partition coefficient (Wildman–Crippen LogP) is 6.25. The van der Waals surface area contributed by atoms with E-state index in [0.717, 1.165) is 33.9 Å². The Hall–Kier alpha value is -3.27. The molecule has 0 bridgehead atoms. The van der Waals surface area contributed by atoms with Gasteiger partial charge >= 0.3 is 0 Å².